The van der Waals surface area contributed by atoms with Gasteiger partial charge in [-0.1, -0.05) is 20.8 Å². The smallest absolute Gasteiger partial charge is 0.0122 e. The summed E-state index contributed by atoms with van der Waals surface area (Å²) in [6.07, 6.45) is 1.49. The van der Waals surface area contributed by atoms with E-state index in [1.165, 1.54) is 32.6 Å². The van der Waals surface area contributed by atoms with Gasteiger partial charge in [0.2, 0.25) is 0 Å². The molecule has 2 nitrogen and oxygen atoms in total. The zero-order valence-electron chi connectivity index (χ0n) is 14.2. The van der Waals surface area contributed by atoms with Crippen LogP contribution in [0.3, 0.4) is 0 Å². The van der Waals surface area contributed by atoms with E-state index < -0.39 is 0 Å². The second-order valence-electron chi connectivity index (χ2n) is 9.00. The minimum atomic E-state index is 0.298. The third-order valence-electron chi connectivity index (χ3n) is 5.50. The van der Waals surface area contributed by atoms with Gasteiger partial charge in [0, 0.05) is 31.7 Å². The van der Waals surface area contributed by atoms with E-state index in [-0.39, 0.29) is 0 Å². The van der Waals surface area contributed by atoms with Crippen molar-refractivity contribution >= 4 is 0 Å². The lowest BCUT2D eigenvalue weighted by Crippen LogP contribution is -2.59. The Balaban J connectivity index is 1.79. The van der Waals surface area contributed by atoms with Crippen molar-refractivity contribution in [3.05, 3.63) is 0 Å². The second-order valence-corrected chi connectivity index (χ2v) is 9.00. The molecule has 1 aliphatic carbocycles. The predicted octanol–water partition coefficient (Wildman–Crippen LogP) is 3.33. The van der Waals surface area contributed by atoms with E-state index in [0.29, 0.717) is 11.0 Å². The average molecular weight is 266 g/mol. The number of rotatable bonds is 3. The number of nitrogens with zero attached hydrogens (tertiary/aromatic N) is 2. The van der Waals surface area contributed by atoms with Gasteiger partial charge in [-0.3, -0.25) is 0 Å². The molecule has 3 rings (SSSR count). The first-order valence-corrected chi connectivity index (χ1v) is 8.02. The van der Waals surface area contributed by atoms with Crippen LogP contribution in [0.2, 0.25) is 0 Å². The van der Waals surface area contributed by atoms with E-state index in [4.69, 9.17) is 0 Å². The molecule has 0 N–H and O–H groups in total. The van der Waals surface area contributed by atoms with Crippen LogP contribution < -0.4 is 0 Å². The fraction of sp³-hybridized carbons (Fsp3) is 1.00. The third-order valence-corrected chi connectivity index (χ3v) is 5.50. The van der Waals surface area contributed by atoms with Gasteiger partial charge in [0.05, 0.1) is 0 Å². The summed E-state index contributed by atoms with van der Waals surface area (Å²) in [5.74, 6) is 2.92. The van der Waals surface area contributed by atoms with Crippen molar-refractivity contribution in [2.45, 2.75) is 53.5 Å². The van der Waals surface area contributed by atoms with Gasteiger partial charge < -0.3 is 9.80 Å². The fourth-order valence-corrected chi connectivity index (χ4v) is 4.21. The van der Waals surface area contributed by atoms with Gasteiger partial charge in [-0.2, -0.15) is 0 Å². The Morgan fingerprint density at radius 2 is 1.53 bits per heavy atom. The van der Waals surface area contributed by atoms with Gasteiger partial charge in [-0.25, -0.2) is 0 Å². The molecule has 0 aromatic carbocycles. The number of hydrogen-bond acceptors (Lipinski definition) is 2. The Morgan fingerprint density at radius 3 is 1.95 bits per heavy atom. The maximum Gasteiger partial charge on any atom is 0.0122 e. The van der Waals surface area contributed by atoms with E-state index in [0.717, 1.165) is 17.8 Å². The van der Waals surface area contributed by atoms with Crippen molar-refractivity contribution < 1.29 is 0 Å². The quantitative estimate of drug-likeness (QED) is 0.773. The van der Waals surface area contributed by atoms with Crippen molar-refractivity contribution in [3.63, 3.8) is 0 Å². The molecule has 2 aliphatic heterocycles. The molecule has 2 heteroatoms. The van der Waals surface area contributed by atoms with Crippen molar-refractivity contribution in [2.24, 2.45) is 23.2 Å². The first kappa shape index (κ1) is 15.3. The van der Waals surface area contributed by atoms with Gasteiger partial charge in [-0.15, -0.1) is 0 Å². The summed E-state index contributed by atoms with van der Waals surface area (Å²) >= 11 is 0. The zero-order valence-corrected chi connectivity index (χ0v) is 14.2. The molecule has 0 radical (unpaired) electrons. The Hall–Kier alpha value is -0.0800. The SMILES string of the molecule is CN(CCN1CC2CC(C1)C2C(C)(C)C)C(C)(C)C. The molecule has 0 spiro atoms. The molecule has 2 heterocycles. The molecule has 2 bridgehead atoms. The minimum absolute atomic E-state index is 0.298. The van der Waals surface area contributed by atoms with E-state index in [1.54, 1.807) is 0 Å². The summed E-state index contributed by atoms with van der Waals surface area (Å²) in [4.78, 5) is 5.19. The molecule has 1 saturated carbocycles. The first-order chi connectivity index (χ1) is 8.59. The van der Waals surface area contributed by atoms with Gasteiger partial charge in [-0.05, 0) is 57.4 Å². The lowest BCUT2D eigenvalue weighted by molar-refractivity contribution is -0.0974. The van der Waals surface area contributed by atoms with Crippen LogP contribution >= 0.6 is 0 Å². The summed E-state index contributed by atoms with van der Waals surface area (Å²) in [7, 11) is 2.25. The Bertz CT molecular complexity index is 298. The van der Waals surface area contributed by atoms with Crippen molar-refractivity contribution in [1.82, 2.24) is 9.80 Å². The normalized spacial score (nSPS) is 32.5. The van der Waals surface area contributed by atoms with Gasteiger partial charge >= 0.3 is 0 Å². The average Bonchev–Trinajstić information content (AvgIpc) is 2.22. The second kappa shape index (κ2) is 5.04. The monoisotopic (exact) mass is 266 g/mol. The summed E-state index contributed by atoms with van der Waals surface area (Å²) in [6, 6.07) is 0. The lowest BCUT2D eigenvalue weighted by Gasteiger charge is -2.58. The van der Waals surface area contributed by atoms with E-state index in [9.17, 15) is 0 Å². The molecule has 2 unspecified atom stereocenters. The summed E-state index contributed by atoms with van der Waals surface area (Å²) < 4.78 is 0. The molecule has 112 valence electrons. The van der Waals surface area contributed by atoms with Crippen molar-refractivity contribution in [2.75, 3.05) is 33.2 Å². The first-order valence-electron chi connectivity index (χ1n) is 8.02. The standard InChI is InChI=1S/C17H34N2/c1-16(2,3)15-13-10-14(15)12-19(11-13)9-8-18(7)17(4,5)6/h13-15H,8-12H2,1-7H3. The molecule has 0 amide bonds. The Morgan fingerprint density at radius 1 is 1.00 bits per heavy atom. The largest absolute Gasteiger partial charge is 0.301 e. The molecule has 3 aliphatic rings. The van der Waals surface area contributed by atoms with Crippen LogP contribution in [-0.2, 0) is 0 Å². The molecule has 0 aromatic heterocycles. The Kier molecular flexibility index (Phi) is 4.06. The van der Waals surface area contributed by atoms with Crippen LogP contribution in [0.5, 0.6) is 0 Å². The molecule has 3 fully saturated rings. The minimum Gasteiger partial charge on any atom is -0.301 e. The van der Waals surface area contributed by atoms with E-state index in [1.807, 2.05) is 0 Å². The van der Waals surface area contributed by atoms with Crippen LogP contribution in [0.25, 0.3) is 0 Å². The maximum absolute atomic E-state index is 2.71. The molecule has 19 heavy (non-hydrogen) atoms. The number of piperidine rings is 2. The number of likely N-dealkylation sites (N-methyl/N-ethyl adjacent to an activating group) is 1. The van der Waals surface area contributed by atoms with E-state index >= 15 is 0 Å². The number of fused-ring (bicyclic) bond motifs is 2. The van der Waals surface area contributed by atoms with Gasteiger partial charge in [0.15, 0.2) is 0 Å². The zero-order chi connectivity index (χ0) is 14.4. The van der Waals surface area contributed by atoms with Gasteiger partial charge in [0.25, 0.3) is 0 Å². The highest BCUT2D eigenvalue weighted by Gasteiger charge is 2.50. The highest BCUT2D eigenvalue weighted by atomic mass is 15.2. The van der Waals surface area contributed by atoms with Crippen LogP contribution in [0.4, 0.5) is 0 Å². The highest BCUT2D eigenvalue weighted by molar-refractivity contribution is 5.01. The maximum atomic E-state index is 2.71. The Labute approximate surface area is 120 Å². The molecule has 0 aromatic rings. The van der Waals surface area contributed by atoms with Gasteiger partial charge in [0.1, 0.15) is 0 Å². The van der Waals surface area contributed by atoms with Crippen LogP contribution in [0.1, 0.15) is 48.0 Å². The van der Waals surface area contributed by atoms with Crippen molar-refractivity contribution in [1.29, 1.82) is 0 Å². The summed E-state index contributed by atoms with van der Waals surface area (Å²) in [5.41, 5.74) is 0.814. The lowest BCUT2D eigenvalue weighted by atomic mass is 9.53. The third kappa shape index (κ3) is 3.33. The van der Waals surface area contributed by atoms with Crippen molar-refractivity contribution in [3.8, 4) is 0 Å². The van der Waals surface area contributed by atoms with Crippen LogP contribution in [0, 0.1) is 23.2 Å². The highest BCUT2D eigenvalue weighted by Crippen LogP contribution is 2.53. The summed E-state index contributed by atoms with van der Waals surface area (Å²) in [6.45, 7) is 19.3. The summed E-state index contributed by atoms with van der Waals surface area (Å²) in [5, 5.41) is 0. The van der Waals surface area contributed by atoms with E-state index in [2.05, 4.69) is 58.4 Å². The molecular formula is C17H34N2. The predicted molar refractivity (Wildman–Crippen MR) is 83.4 cm³/mol. The topological polar surface area (TPSA) is 6.48 Å². The fourth-order valence-electron chi connectivity index (χ4n) is 4.21. The number of hydrogen-bond donors (Lipinski definition) is 0. The molecular weight excluding hydrogens is 232 g/mol. The van der Waals surface area contributed by atoms with Crippen LogP contribution in [-0.4, -0.2) is 48.6 Å². The van der Waals surface area contributed by atoms with Crippen LogP contribution in [0.15, 0.2) is 0 Å². The molecule has 2 saturated heterocycles. The molecule has 2 atom stereocenters.